The number of aromatic nitrogens is 1. The number of aliphatic hydroxyl groups is 1. The van der Waals surface area contributed by atoms with E-state index < -0.39 is 6.43 Å². The van der Waals surface area contributed by atoms with Crippen molar-refractivity contribution in [3.8, 4) is 0 Å². The molecule has 13 heavy (non-hydrogen) atoms. The number of aliphatic hydroxyl groups excluding tert-OH is 1. The van der Waals surface area contributed by atoms with Crippen LogP contribution in [-0.4, -0.2) is 10.1 Å². The van der Waals surface area contributed by atoms with Gasteiger partial charge in [0.1, 0.15) is 4.60 Å². The summed E-state index contributed by atoms with van der Waals surface area (Å²) in [6, 6.07) is 1.21. The van der Waals surface area contributed by atoms with Gasteiger partial charge in [0.05, 0.1) is 15.9 Å². The van der Waals surface area contributed by atoms with Gasteiger partial charge >= 0.3 is 0 Å². The molecule has 1 aromatic heterocycles. The van der Waals surface area contributed by atoms with Crippen LogP contribution in [0, 0.1) is 3.57 Å². The molecular formula is C7H5BrF2INO. The van der Waals surface area contributed by atoms with E-state index in [1.54, 1.807) is 22.6 Å². The highest BCUT2D eigenvalue weighted by atomic mass is 127. The second-order valence-electron chi connectivity index (χ2n) is 2.27. The summed E-state index contributed by atoms with van der Waals surface area (Å²) < 4.78 is 25.5. The number of pyridine rings is 1. The summed E-state index contributed by atoms with van der Waals surface area (Å²) in [6.45, 7) is -0.338. The molecule has 0 amide bonds. The lowest BCUT2D eigenvalue weighted by Crippen LogP contribution is -1.98. The fourth-order valence-corrected chi connectivity index (χ4v) is 1.78. The van der Waals surface area contributed by atoms with Crippen LogP contribution in [0.5, 0.6) is 0 Å². The second kappa shape index (κ2) is 4.61. The van der Waals surface area contributed by atoms with Crippen molar-refractivity contribution in [3.05, 3.63) is 25.5 Å². The lowest BCUT2D eigenvalue weighted by atomic mass is 10.2. The molecule has 0 aliphatic rings. The summed E-state index contributed by atoms with van der Waals surface area (Å²) in [6.07, 6.45) is -2.54. The molecule has 1 N–H and O–H groups in total. The van der Waals surface area contributed by atoms with Crippen LogP contribution in [0.1, 0.15) is 17.7 Å². The standard InChI is InChI=1S/C7H5BrF2INO/c8-6-5(11)4(7(9)10)1-3(2-13)12-6/h1,7,13H,2H2. The largest absolute Gasteiger partial charge is 0.390 e. The summed E-state index contributed by atoms with van der Waals surface area (Å²) in [4.78, 5) is 3.86. The lowest BCUT2D eigenvalue weighted by molar-refractivity contribution is 0.149. The molecule has 0 spiro atoms. The Morgan fingerprint density at radius 1 is 1.62 bits per heavy atom. The molecule has 1 heterocycles. The predicted octanol–water partition coefficient (Wildman–Crippen LogP) is 2.88. The molecule has 0 aromatic carbocycles. The third-order valence-corrected chi connectivity index (χ3v) is 3.84. The molecule has 72 valence electrons. The first-order chi connectivity index (χ1) is 6.06. The van der Waals surface area contributed by atoms with Crippen LogP contribution in [0.2, 0.25) is 0 Å². The van der Waals surface area contributed by atoms with Gasteiger partial charge in [-0.2, -0.15) is 0 Å². The van der Waals surface area contributed by atoms with Crippen molar-refractivity contribution in [2.24, 2.45) is 0 Å². The van der Waals surface area contributed by atoms with Crippen LogP contribution < -0.4 is 0 Å². The molecule has 0 saturated heterocycles. The Hall–Kier alpha value is 0.180. The van der Waals surface area contributed by atoms with E-state index in [2.05, 4.69) is 20.9 Å². The molecule has 0 bridgehead atoms. The smallest absolute Gasteiger partial charge is 0.265 e. The molecule has 0 atom stereocenters. The normalized spacial score (nSPS) is 10.9. The van der Waals surface area contributed by atoms with E-state index in [1.807, 2.05) is 0 Å². The molecule has 1 aromatic rings. The highest BCUT2D eigenvalue weighted by Crippen LogP contribution is 2.29. The Balaban J connectivity index is 3.25. The number of rotatable bonds is 2. The summed E-state index contributed by atoms with van der Waals surface area (Å²) in [5.41, 5.74) is 0.133. The van der Waals surface area contributed by atoms with Gasteiger partial charge in [-0.1, -0.05) is 0 Å². The fourth-order valence-electron chi connectivity index (χ4n) is 0.809. The summed E-state index contributed by atoms with van der Waals surface area (Å²) in [5.74, 6) is 0. The maximum absolute atomic E-state index is 12.4. The topological polar surface area (TPSA) is 33.1 Å². The minimum Gasteiger partial charge on any atom is -0.390 e. The van der Waals surface area contributed by atoms with Crippen molar-refractivity contribution in [2.45, 2.75) is 13.0 Å². The number of nitrogens with zero attached hydrogens (tertiary/aromatic N) is 1. The van der Waals surface area contributed by atoms with Crippen molar-refractivity contribution in [1.82, 2.24) is 4.98 Å². The highest BCUT2D eigenvalue weighted by Gasteiger charge is 2.15. The maximum Gasteiger partial charge on any atom is 0.265 e. The van der Waals surface area contributed by atoms with E-state index in [1.165, 1.54) is 6.07 Å². The molecule has 0 unspecified atom stereocenters. The van der Waals surface area contributed by atoms with E-state index in [9.17, 15) is 8.78 Å². The lowest BCUT2D eigenvalue weighted by Gasteiger charge is -2.06. The first-order valence-electron chi connectivity index (χ1n) is 3.30. The van der Waals surface area contributed by atoms with Crippen LogP contribution in [0.15, 0.2) is 10.7 Å². The predicted molar refractivity (Wildman–Crippen MR) is 55.5 cm³/mol. The van der Waals surface area contributed by atoms with Crippen molar-refractivity contribution >= 4 is 38.5 Å². The van der Waals surface area contributed by atoms with Crippen molar-refractivity contribution < 1.29 is 13.9 Å². The van der Waals surface area contributed by atoms with E-state index in [0.29, 0.717) is 8.17 Å². The van der Waals surface area contributed by atoms with E-state index in [4.69, 9.17) is 5.11 Å². The summed E-state index contributed by atoms with van der Waals surface area (Å²) in [7, 11) is 0. The first kappa shape index (κ1) is 11.3. The Morgan fingerprint density at radius 2 is 2.23 bits per heavy atom. The molecule has 0 aliphatic carbocycles. The van der Waals surface area contributed by atoms with Crippen molar-refractivity contribution in [2.75, 3.05) is 0 Å². The average Bonchev–Trinajstić information content (AvgIpc) is 2.09. The zero-order valence-corrected chi connectivity index (χ0v) is 10.0. The maximum atomic E-state index is 12.4. The van der Waals surface area contributed by atoms with Gasteiger partial charge in [-0.05, 0) is 44.6 Å². The number of alkyl halides is 2. The zero-order valence-electron chi connectivity index (χ0n) is 6.27. The Bertz CT molecular complexity index is 322. The number of halogens is 4. The Labute approximate surface area is 95.6 Å². The second-order valence-corrected chi connectivity index (χ2v) is 4.10. The quantitative estimate of drug-likeness (QED) is 0.647. The monoisotopic (exact) mass is 363 g/mol. The SMILES string of the molecule is OCc1cc(C(F)F)c(I)c(Br)n1. The van der Waals surface area contributed by atoms with E-state index in [-0.39, 0.29) is 17.9 Å². The van der Waals surface area contributed by atoms with E-state index >= 15 is 0 Å². The van der Waals surface area contributed by atoms with Crippen LogP contribution >= 0.6 is 38.5 Å². The van der Waals surface area contributed by atoms with Crippen molar-refractivity contribution in [3.63, 3.8) is 0 Å². The molecular weight excluding hydrogens is 359 g/mol. The van der Waals surface area contributed by atoms with Gasteiger partial charge in [-0.25, -0.2) is 13.8 Å². The molecule has 1 rings (SSSR count). The van der Waals surface area contributed by atoms with Gasteiger partial charge in [-0.15, -0.1) is 0 Å². The Kier molecular flexibility index (Phi) is 3.99. The third-order valence-electron chi connectivity index (χ3n) is 1.40. The summed E-state index contributed by atoms with van der Waals surface area (Å²) >= 11 is 4.83. The molecule has 0 saturated carbocycles. The van der Waals surface area contributed by atoms with Gasteiger partial charge < -0.3 is 5.11 Å². The Morgan fingerprint density at radius 3 is 2.69 bits per heavy atom. The third kappa shape index (κ3) is 2.57. The fraction of sp³-hybridized carbons (Fsp3) is 0.286. The van der Waals surface area contributed by atoms with Crippen molar-refractivity contribution in [1.29, 1.82) is 0 Å². The zero-order chi connectivity index (χ0) is 10.0. The van der Waals surface area contributed by atoms with Crippen LogP contribution in [0.4, 0.5) is 8.78 Å². The molecule has 0 fully saturated rings. The van der Waals surface area contributed by atoms with Gasteiger partial charge in [-0.3, -0.25) is 0 Å². The van der Waals surface area contributed by atoms with Gasteiger partial charge in [0.2, 0.25) is 0 Å². The van der Waals surface area contributed by atoms with E-state index in [0.717, 1.165) is 0 Å². The minimum absolute atomic E-state index is 0.105. The highest BCUT2D eigenvalue weighted by molar-refractivity contribution is 14.1. The summed E-state index contributed by atoms with van der Waals surface area (Å²) in [5, 5.41) is 8.73. The number of hydrogen-bond donors (Lipinski definition) is 1. The molecule has 6 heteroatoms. The number of hydrogen-bond acceptors (Lipinski definition) is 2. The van der Waals surface area contributed by atoms with Crippen LogP contribution in [-0.2, 0) is 6.61 Å². The first-order valence-corrected chi connectivity index (χ1v) is 5.17. The minimum atomic E-state index is -2.54. The molecule has 0 radical (unpaired) electrons. The molecule has 2 nitrogen and oxygen atoms in total. The molecule has 0 aliphatic heterocycles. The van der Waals surface area contributed by atoms with Gasteiger partial charge in [0, 0.05) is 5.56 Å². The van der Waals surface area contributed by atoms with Crippen LogP contribution in [0.25, 0.3) is 0 Å². The average molecular weight is 364 g/mol. The van der Waals surface area contributed by atoms with Gasteiger partial charge in [0.15, 0.2) is 0 Å². The van der Waals surface area contributed by atoms with Gasteiger partial charge in [0.25, 0.3) is 6.43 Å². The van der Waals surface area contributed by atoms with Crippen LogP contribution in [0.3, 0.4) is 0 Å².